The molecule has 0 aliphatic carbocycles. The van der Waals surface area contributed by atoms with Gasteiger partial charge in [0.05, 0.1) is 15.9 Å². The maximum atomic E-state index is 10.2. The maximum Gasteiger partial charge on any atom is 0.276 e. The van der Waals surface area contributed by atoms with E-state index in [0.717, 1.165) is 11.8 Å². The highest BCUT2D eigenvalue weighted by Gasteiger charge is 2.11. The second-order valence-electron chi connectivity index (χ2n) is 3.44. The molecule has 0 aliphatic heterocycles. The molecule has 0 atom stereocenters. The number of benzene rings is 2. The Morgan fingerprint density at radius 3 is 1.58 bits per heavy atom. The first-order valence-electron chi connectivity index (χ1n) is 5.20. The summed E-state index contributed by atoms with van der Waals surface area (Å²) in [6.07, 6.45) is 0. The number of nitro groups is 2. The van der Waals surface area contributed by atoms with E-state index >= 15 is 0 Å². The Labute approximate surface area is 108 Å². The first-order chi connectivity index (χ1) is 9.00. The van der Waals surface area contributed by atoms with Crippen LogP contribution >= 0.6 is 0 Å². The summed E-state index contributed by atoms with van der Waals surface area (Å²) >= 11 is 0. The molecule has 7 heteroatoms. The van der Waals surface area contributed by atoms with E-state index < -0.39 is 9.85 Å². The van der Waals surface area contributed by atoms with Crippen LogP contribution in [0.25, 0.3) is 0 Å². The fraction of sp³-hybridized carbons (Fsp3) is 0. The zero-order valence-corrected chi connectivity index (χ0v) is 9.80. The van der Waals surface area contributed by atoms with Crippen LogP contribution in [-0.2, 0) is 0 Å². The van der Waals surface area contributed by atoms with Gasteiger partial charge in [-0.15, -0.1) is 0 Å². The topological polar surface area (TPSA) is 112 Å². The number of nitrogens with zero attached hydrogens (tertiary/aromatic N) is 2. The minimum absolute atomic E-state index is 0.274. The highest BCUT2D eigenvalue weighted by molar-refractivity contribution is 5.42. The van der Waals surface area contributed by atoms with E-state index in [0.29, 0.717) is 0 Å². The third-order valence-corrected chi connectivity index (χ3v) is 2.05. The van der Waals surface area contributed by atoms with Crippen molar-refractivity contribution in [1.29, 1.82) is 0 Å². The molecule has 0 fully saturated rings. The summed E-state index contributed by atoms with van der Waals surface area (Å²) in [5, 5.41) is 20.3. The highest BCUT2D eigenvalue weighted by atomic mass is 16.6. The normalized spacial score (nSPS) is 9.05. The number of rotatable bonds is 2. The molecule has 0 heterocycles. The van der Waals surface area contributed by atoms with Gasteiger partial charge in [0.15, 0.2) is 0 Å². The molecule has 7 nitrogen and oxygen atoms in total. The molecule has 2 aromatic carbocycles. The van der Waals surface area contributed by atoms with Crippen LogP contribution in [-0.4, -0.2) is 9.85 Å². The van der Waals surface area contributed by atoms with Crippen LogP contribution in [0.3, 0.4) is 0 Å². The molecule has 0 spiro atoms. The van der Waals surface area contributed by atoms with Crippen LogP contribution < -0.4 is 5.73 Å². The van der Waals surface area contributed by atoms with Crippen molar-refractivity contribution < 1.29 is 9.85 Å². The van der Waals surface area contributed by atoms with E-state index in [1.165, 1.54) is 18.2 Å². The van der Waals surface area contributed by atoms with E-state index in [1.54, 1.807) is 0 Å². The van der Waals surface area contributed by atoms with E-state index in [1.807, 2.05) is 30.3 Å². The van der Waals surface area contributed by atoms with Gasteiger partial charge in [-0.3, -0.25) is 20.2 Å². The van der Waals surface area contributed by atoms with Gasteiger partial charge in [-0.25, -0.2) is 0 Å². The van der Waals surface area contributed by atoms with Gasteiger partial charge >= 0.3 is 0 Å². The van der Waals surface area contributed by atoms with Crippen LogP contribution in [0, 0.1) is 20.2 Å². The minimum atomic E-state index is -0.674. The van der Waals surface area contributed by atoms with Gasteiger partial charge < -0.3 is 5.73 Å². The summed E-state index contributed by atoms with van der Waals surface area (Å²) in [6.45, 7) is 0. The molecule has 0 amide bonds. The summed E-state index contributed by atoms with van der Waals surface area (Å²) in [5.41, 5.74) is 5.63. The van der Waals surface area contributed by atoms with Crippen molar-refractivity contribution in [1.82, 2.24) is 0 Å². The van der Waals surface area contributed by atoms with Gasteiger partial charge in [0.1, 0.15) is 0 Å². The molecular formula is C12H11N3O4. The molecule has 2 N–H and O–H groups in total. The van der Waals surface area contributed by atoms with Crippen molar-refractivity contribution in [3.63, 3.8) is 0 Å². The number of nitrogen functional groups attached to an aromatic ring is 1. The quantitative estimate of drug-likeness (QED) is 0.507. The Hall–Kier alpha value is -2.96. The van der Waals surface area contributed by atoms with Crippen molar-refractivity contribution in [2.75, 3.05) is 5.73 Å². The molecule has 0 unspecified atom stereocenters. The van der Waals surface area contributed by atoms with Crippen LogP contribution in [0.15, 0.2) is 54.6 Å². The summed E-state index contributed by atoms with van der Waals surface area (Å²) in [7, 11) is 0. The van der Waals surface area contributed by atoms with Crippen molar-refractivity contribution in [2.24, 2.45) is 0 Å². The third kappa shape index (κ3) is 4.82. The molecule has 19 heavy (non-hydrogen) atoms. The van der Waals surface area contributed by atoms with Crippen molar-refractivity contribution in [2.45, 2.75) is 0 Å². The number of nitro benzene ring substituents is 2. The molecule has 0 saturated heterocycles. The van der Waals surface area contributed by atoms with E-state index in [2.05, 4.69) is 0 Å². The molecule has 0 radical (unpaired) electrons. The number of hydrogen-bond acceptors (Lipinski definition) is 5. The zero-order chi connectivity index (χ0) is 14.3. The molecular weight excluding hydrogens is 250 g/mol. The first-order valence-corrected chi connectivity index (χ1v) is 5.20. The summed E-state index contributed by atoms with van der Waals surface area (Å²) < 4.78 is 0. The summed E-state index contributed by atoms with van der Waals surface area (Å²) in [5.74, 6) is 0. The molecule has 98 valence electrons. The molecule has 2 rings (SSSR count). The highest BCUT2D eigenvalue weighted by Crippen LogP contribution is 2.18. The largest absolute Gasteiger partial charge is 0.399 e. The van der Waals surface area contributed by atoms with Crippen LogP contribution in [0.2, 0.25) is 0 Å². The number of anilines is 1. The van der Waals surface area contributed by atoms with Crippen molar-refractivity contribution in [3.8, 4) is 0 Å². The van der Waals surface area contributed by atoms with E-state index in [-0.39, 0.29) is 11.4 Å². The lowest BCUT2D eigenvalue weighted by atomic mass is 10.3. The monoisotopic (exact) mass is 261 g/mol. The molecule has 0 bridgehead atoms. The predicted octanol–water partition coefficient (Wildman–Crippen LogP) is 2.77. The number of non-ortho nitro benzene ring substituents is 2. The first kappa shape index (κ1) is 14.1. The second-order valence-corrected chi connectivity index (χ2v) is 3.44. The lowest BCUT2D eigenvalue weighted by molar-refractivity contribution is -0.394. The Balaban J connectivity index is 0.000000218. The SMILES string of the molecule is Nc1ccccc1.O=[N+]([O-])c1cccc([N+](=O)[O-])c1. The van der Waals surface area contributed by atoms with Crippen LogP contribution in [0.5, 0.6) is 0 Å². The Morgan fingerprint density at radius 1 is 0.789 bits per heavy atom. The Kier molecular flexibility index (Phi) is 4.97. The Bertz CT molecular complexity index is 543. The number of hydrogen-bond donors (Lipinski definition) is 1. The predicted molar refractivity (Wildman–Crippen MR) is 70.6 cm³/mol. The van der Waals surface area contributed by atoms with E-state index in [9.17, 15) is 20.2 Å². The molecule has 0 aliphatic rings. The standard InChI is InChI=1S/C6H4N2O4.C6H7N/c9-7(10)5-2-1-3-6(4-5)8(11)12;7-6-4-2-1-3-5-6/h1-4H;1-5H,7H2. The van der Waals surface area contributed by atoms with Crippen molar-refractivity contribution in [3.05, 3.63) is 74.8 Å². The Morgan fingerprint density at radius 2 is 1.26 bits per heavy atom. The summed E-state index contributed by atoms with van der Waals surface area (Å²) in [4.78, 5) is 19.0. The van der Waals surface area contributed by atoms with Gasteiger partial charge in [-0.1, -0.05) is 18.2 Å². The van der Waals surface area contributed by atoms with E-state index in [4.69, 9.17) is 5.73 Å². The second kappa shape index (κ2) is 6.70. The number of nitrogens with two attached hydrogens (primary N) is 1. The van der Waals surface area contributed by atoms with Gasteiger partial charge in [0.2, 0.25) is 0 Å². The smallest absolute Gasteiger partial charge is 0.276 e. The third-order valence-electron chi connectivity index (χ3n) is 2.05. The van der Waals surface area contributed by atoms with Gasteiger partial charge in [-0.05, 0) is 18.2 Å². The van der Waals surface area contributed by atoms with Crippen LogP contribution in [0.4, 0.5) is 17.1 Å². The van der Waals surface area contributed by atoms with Gasteiger partial charge in [0.25, 0.3) is 11.4 Å². The van der Waals surface area contributed by atoms with Crippen molar-refractivity contribution >= 4 is 17.1 Å². The fourth-order valence-electron chi connectivity index (χ4n) is 1.17. The maximum absolute atomic E-state index is 10.2. The minimum Gasteiger partial charge on any atom is -0.399 e. The lowest BCUT2D eigenvalue weighted by Crippen LogP contribution is -1.91. The van der Waals surface area contributed by atoms with Gasteiger partial charge in [-0.2, -0.15) is 0 Å². The average molecular weight is 261 g/mol. The molecule has 0 aromatic heterocycles. The number of para-hydroxylation sites is 1. The zero-order valence-electron chi connectivity index (χ0n) is 9.80. The average Bonchev–Trinajstić information content (AvgIpc) is 2.40. The molecule has 0 saturated carbocycles. The summed E-state index contributed by atoms with van der Waals surface area (Å²) in [6, 6.07) is 14.1. The lowest BCUT2D eigenvalue weighted by Gasteiger charge is -1.90. The van der Waals surface area contributed by atoms with Gasteiger partial charge in [0, 0.05) is 17.8 Å². The van der Waals surface area contributed by atoms with Crippen LogP contribution in [0.1, 0.15) is 0 Å². The fourth-order valence-corrected chi connectivity index (χ4v) is 1.17. The molecule has 2 aromatic rings.